The summed E-state index contributed by atoms with van der Waals surface area (Å²) in [6, 6.07) is 2.55. The number of amides is 2. The maximum Gasteiger partial charge on any atom is 0.573 e. The third-order valence-corrected chi connectivity index (χ3v) is 6.30. The summed E-state index contributed by atoms with van der Waals surface area (Å²) in [6.45, 7) is -0.282. The van der Waals surface area contributed by atoms with Gasteiger partial charge in [0.05, 0.1) is 6.42 Å². The van der Waals surface area contributed by atoms with Gasteiger partial charge in [0.15, 0.2) is 17.5 Å². The second-order valence-electron chi connectivity index (χ2n) is 9.38. The van der Waals surface area contributed by atoms with E-state index in [0.717, 1.165) is 44.2 Å². The Morgan fingerprint density at radius 1 is 1.00 bits per heavy atom. The van der Waals surface area contributed by atoms with Crippen LogP contribution in [-0.4, -0.2) is 30.2 Å². The smallest absolute Gasteiger partial charge is 0.403 e. The fourth-order valence-electron chi connectivity index (χ4n) is 4.44. The van der Waals surface area contributed by atoms with Crippen LogP contribution in [0.2, 0.25) is 0 Å². The number of guanidine groups is 1. The Kier molecular flexibility index (Phi) is 10.3. The highest BCUT2D eigenvalue weighted by Gasteiger charge is 2.32. The quantitative estimate of drug-likeness (QED) is 0.227. The molecule has 1 aliphatic rings. The van der Waals surface area contributed by atoms with E-state index in [4.69, 9.17) is 5.73 Å². The molecule has 2 aromatic rings. The van der Waals surface area contributed by atoms with Crippen LogP contribution in [0.5, 0.6) is 5.75 Å². The molecule has 0 spiro atoms. The lowest BCUT2D eigenvalue weighted by atomic mass is 9.84. The first-order chi connectivity index (χ1) is 18.8. The number of nitrogens with zero attached hydrogens (tertiary/aromatic N) is 1. The van der Waals surface area contributed by atoms with Crippen LogP contribution in [0.25, 0.3) is 0 Å². The van der Waals surface area contributed by atoms with Gasteiger partial charge < -0.3 is 21.1 Å². The van der Waals surface area contributed by atoms with E-state index in [0.29, 0.717) is 12.1 Å². The molecular formula is C26H27F7N4O3. The van der Waals surface area contributed by atoms with Crippen LogP contribution in [-0.2, 0) is 22.6 Å². The Morgan fingerprint density at radius 3 is 2.27 bits per heavy atom. The van der Waals surface area contributed by atoms with Gasteiger partial charge >= 0.3 is 6.36 Å². The number of benzene rings is 2. The lowest BCUT2D eigenvalue weighted by Crippen LogP contribution is -2.50. The number of aliphatic imine (C=N–C) groups is 1. The van der Waals surface area contributed by atoms with Gasteiger partial charge in [0.1, 0.15) is 23.5 Å². The van der Waals surface area contributed by atoms with E-state index in [1.165, 1.54) is 6.07 Å². The van der Waals surface area contributed by atoms with Crippen molar-refractivity contribution in [1.82, 2.24) is 10.6 Å². The zero-order chi connectivity index (χ0) is 29.4. The first kappa shape index (κ1) is 30.7. The molecule has 2 amide bonds. The summed E-state index contributed by atoms with van der Waals surface area (Å²) in [4.78, 5) is 28.8. The fourth-order valence-corrected chi connectivity index (χ4v) is 4.44. The molecule has 0 bridgehead atoms. The van der Waals surface area contributed by atoms with Crippen LogP contribution in [0.1, 0.15) is 49.7 Å². The van der Waals surface area contributed by atoms with Gasteiger partial charge in [-0.05, 0) is 30.0 Å². The van der Waals surface area contributed by atoms with E-state index in [9.17, 15) is 40.3 Å². The fraction of sp³-hybridized carbons (Fsp3) is 0.423. The summed E-state index contributed by atoms with van der Waals surface area (Å²) in [5.41, 5.74) is 5.22. The third-order valence-electron chi connectivity index (χ3n) is 6.30. The molecule has 1 atom stereocenters. The zero-order valence-corrected chi connectivity index (χ0v) is 21.1. The molecule has 0 aliphatic heterocycles. The molecule has 0 radical (unpaired) electrons. The van der Waals surface area contributed by atoms with Crippen molar-refractivity contribution in [2.75, 3.05) is 0 Å². The minimum absolute atomic E-state index is 0.116. The van der Waals surface area contributed by atoms with Gasteiger partial charge in [0.2, 0.25) is 5.91 Å². The maximum absolute atomic E-state index is 13.9. The number of hydrogen-bond acceptors (Lipinski definition) is 3. The summed E-state index contributed by atoms with van der Waals surface area (Å²) in [5, 5.41) is 5.15. The third kappa shape index (κ3) is 9.42. The van der Waals surface area contributed by atoms with E-state index in [1.54, 1.807) is 0 Å². The first-order valence-electron chi connectivity index (χ1n) is 12.4. The van der Waals surface area contributed by atoms with Crippen LogP contribution in [0.3, 0.4) is 0 Å². The van der Waals surface area contributed by atoms with Crippen LogP contribution in [0.4, 0.5) is 30.7 Å². The maximum atomic E-state index is 13.9. The van der Waals surface area contributed by atoms with Gasteiger partial charge in [0.25, 0.3) is 5.91 Å². The number of ether oxygens (including phenoxy) is 1. The van der Waals surface area contributed by atoms with Crippen molar-refractivity contribution in [2.45, 2.75) is 63.9 Å². The van der Waals surface area contributed by atoms with Crippen molar-refractivity contribution in [3.8, 4) is 5.75 Å². The van der Waals surface area contributed by atoms with E-state index in [-0.39, 0.29) is 24.4 Å². The predicted molar refractivity (Wildman–Crippen MR) is 130 cm³/mol. The second-order valence-corrected chi connectivity index (χ2v) is 9.38. The topological polar surface area (TPSA) is 106 Å². The average Bonchev–Trinajstić information content (AvgIpc) is 2.86. The number of hydrogen-bond donors (Lipinski definition) is 3. The molecule has 3 rings (SSSR count). The minimum atomic E-state index is -5.11. The van der Waals surface area contributed by atoms with Gasteiger partial charge in [-0.3, -0.25) is 9.59 Å². The molecule has 4 N–H and O–H groups in total. The average molecular weight is 577 g/mol. The zero-order valence-electron chi connectivity index (χ0n) is 21.1. The molecule has 14 heteroatoms. The molecule has 0 saturated heterocycles. The molecular weight excluding hydrogens is 549 g/mol. The van der Waals surface area contributed by atoms with Crippen molar-refractivity contribution in [3.63, 3.8) is 0 Å². The van der Waals surface area contributed by atoms with Crippen LogP contribution >= 0.6 is 0 Å². The molecule has 1 aliphatic carbocycles. The molecule has 0 heterocycles. The van der Waals surface area contributed by atoms with E-state index >= 15 is 0 Å². The molecule has 1 saturated carbocycles. The first-order valence-corrected chi connectivity index (χ1v) is 12.4. The lowest BCUT2D eigenvalue weighted by Gasteiger charge is -2.27. The highest BCUT2D eigenvalue weighted by Crippen LogP contribution is 2.28. The molecule has 7 nitrogen and oxygen atoms in total. The van der Waals surface area contributed by atoms with Crippen molar-refractivity contribution < 1.29 is 45.1 Å². The van der Waals surface area contributed by atoms with Crippen LogP contribution in [0.15, 0.2) is 35.3 Å². The Morgan fingerprint density at radius 2 is 1.65 bits per heavy atom. The highest BCUT2D eigenvalue weighted by atomic mass is 19.4. The molecule has 40 heavy (non-hydrogen) atoms. The van der Waals surface area contributed by atoms with Gasteiger partial charge in [-0.15, -0.1) is 13.2 Å². The number of halogens is 7. The molecule has 218 valence electrons. The highest BCUT2D eigenvalue weighted by molar-refractivity contribution is 5.95. The Labute approximate surface area is 225 Å². The van der Waals surface area contributed by atoms with E-state index in [1.807, 2.05) is 0 Å². The number of nitrogens with two attached hydrogens (primary N) is 1. The number of carbonyl (C=O) groups excluding carboxylic acids is 2. The second kappa shape index (κ2) is 13.5. The van der Waals surface area contributed by atoms with Crippen molar-refractivity contribution in [1.29, 1.82) is 0 Å². The molecule has 1 unspecified atom stereocenters. The SMILES string of the molecule is NC(=NC(=O)Cc1c(F)cc(F)cc1F)NC(CC1CCCCC1)C(=O)NCc1ccc(F)c(OC(F)(F)F)c1. The summed E-state index contributed by atoms with van der Waals surface area (Å²) >= 11 is 0. The molecule has 1 fully saturated rings. The number of nitrogens with one attached hydrogen (secondary N) is 2. The van der Waals surface area contributed by atoms with Crippen molar-refractivity contribution in [2.24, 2.45) is 16.6 Å². The normalized spacial score (nSPS) is 15.4. The van der Waals surface area contributed by atoms with Gasteiger partial charge in [0, 0.05) is 24.2 Å². The van der Waals surface area contributed by atoms with Gasteiger partial charge in [-0.1, -0.05) is 38.2 Å². The van der Waals surface area contributed by atoms with Crippen LogP contribution in [0, 0.1) is 29.2 Å². The van der Waals surface area contributed by atoms with Gasteiger partial charge in [-0.2, -0.15) is 4.99 Å². The summed E-state index contributed by atoms with van der Waals surface area (Å²) < 4.78 is 95.8. The Balaban J connectivity index is 1.69. The summed E-state index contributed by atoms with van der Waals surface area (Å²) in [6.07, 6.45) is -1.07. The lowest BCUT2D eigenvalue weighted by molar-refractivity contribution is -0.275. The van der Waals surface area contributed by atoms with Crippen molar-refractivity contribution in [3.05, 3.63) is 64.7 Å². The van der Waals surface area contributed by atoms with Crippen LogP contribution < -0.4 is 21.1 Å². The number of alkyl halides is 3. The monoisotopic (exact) mass is 576 g/mol. The molecule has 0 aromatic heterocycles. The summed E-state index contributed by atoms with van der Waals surface area (Å²) in [7, 11) is 0. The van der Waals surface area contributed by atoms with Gasteiger partial charge in [-0.25, -0.2) is 17.6 Å². The Bertz CT molecular complexity index is 1220. The minimum Gasteiger partial charge on any atom is -0.403 e. The Hall–Kier alpha value is -3.84. The number of carbonyl (C=O) groups is 2. The molecule has 2 aromatic carbocycles. The summed E-state index contributed by atoms with van der Waals surface area (Å²) in [5.74, 6) is -8.06. The largest absolute Gasteiger partial charge is 0.573 e. The predicted octanol–water partition coefficient (Wildman–Crippen LogP) is 4.77. The standard InChI is InChI=1S/C26H27F7N4O3/c27-16-10-19(29)17(20(30)11-16)12-23(38)37-25(34)36-21(8-14-4-2-1-3-5-14)24(39)35-13-15-6-7-18(28)22(9-15)40-26(31,32)33/h6-7,9-11,14,21H,1-5,8,12-13H2,(H,35,39)(H3,34,36,37,38). The number of rotatable bonds is 9. The van der Waals surface area contributed by atoms with E-state index in [2.05, 4.69) is 20.4 Å². The van der Waals surface area contributed by atoms with E-state index < -0.39 is 71.2 Å². The van der Waals surface area contributed by atoms with Crippen molar-refractivity contribution >= 4 is 17.8 Å².